The van der Waals surface area contributed by atoms with E-state index in [0.717, 1.165) is 9.13 Å². The fourth-order valence-corrected chi connectivity index (χ4v) is 4.27. The Labute approximate surface area is 216 Å². The molecule has 0 saturated carbocycles. The normalized spacial score (nSPS) is 21.0. The SMILES string of the molecule is O=C(NCc1cccc(C(=O)NCCO)c1)C1=CC2OCOC2C(OC(=O)c2ccc(I)cc2)C1. The second-order valence-electron chi connectivity index (χ2n) is 8.09. The van der Waals surface area contributed by atoms with Crippen LogP contribution in [0.15, 0.2) is 60.2 Å². The number of carbonyl (C=O) groups is 3. The summed E-state index contributed by atoms with van der Waals surface area (Å²) in [7, 11) is 0. The number of aliphatic hydroxyl groups excluding tert-OH is 1. The van der Waals surface area contributed by atoms with Crippen LogP contribution in [0.3, 0.4) is 0 Å². The smallest absolute Gasteiger partial charge is 0.338 e. The Morgan fingerprint density at radius 1 is 1.03 bits per heavy atom. The highest BCUT2D eigenvalue weighted by Crippen LogP contribution is 2.30. The highest BCUT2D eigenvalue weighted by molar-refractivity contribution is 14.1. The van der Waals surface area contributed by atoms with E-state index in [1.807, 2.05) is 12.1 Å². The molecule has 2 aromatic rings. The first kappa shape index (κ1) is 25.3. The molecular weight excluding hydrogens is 567 g/mol. The van der Waals surface area contributed by atoms with Gasteiger partial charge in [-0.15, -0.1) is 0 Å². The topological polar surface area (TPSA) is 123 Å². The molecule has 0 radical (unpaired) electrons. The molecule has 9 nitrogen and oxygen atoms in total. The monoisotopic (exact) mass is 592 g/mol. The Morgan fingerprint density at radius 3 is 2.60 bits per heavy atom. The van der Waals surface area contributed by atoms with Crippen LogP contribution in [0.25, 0.3) is 0 Å². The van der Waals surface area contributed by atoms with E-state index in [9.17, 15) is 14.4 Å². The van der Waals surface area contributed by atoms with Gasteiger partial charge in [0.15, 0.2) is 0 Å². The zero-order valence-corrected chi connectivity index (χ0v) is 20.9. The molecule has 2 amide bonds. The van der Waals surface area contributed by atoms with Crippen LogP contribution in [0.4, 0.5) is 0 Å². The van der Waals surface area contributed by atoms with Gasteiger partial charge in [-0.25, -0.2) is 4.79 Å². The van der Waals surface area contributed by atoms with Gasteiger partial charge in [0.2, 0.25) is 5.91 Å². The molecule has 184 valence electrons. The summed E-state index contributed by atoms with van der Waals surface area (Å²) in [6.07, 6.45) is 0.265. The van der Waals surface area contributed by atoms with Gasteiger partial charge >= 0.3 is 5.97 Å². The van der Waals surface area contributed by atoms with Crippen molar-refractivity contribution >= 4 is 40.4 Å². The molecule has 10 heteroatoms. The molecule has 3 atom stereocenters. The largest absolute Gasteiger partial charge is 0.456 e. The predicted octanol–water partition coefficient (Wildman–Crippen LogP) is 1.93. The van der Waals surface area contributed by atoms with Crippen molar-refractivity contribution < 1.29 is 33.7 Å². The molecule has 35 heavy (non-hydrogen) atoms. The highest BCUT2D eigenvalue weighted by atomic mass is 127. The van der Waals surface area contributed by atoms with Crippen molar-refractivity contribution in [3.63, 3.8) is 0 Å². The number of hydrogen-bond donors (Lipinski definition) is 3. The van der Waals surface area contributed by atoms with E-state index >= 15 is 0 Å². The first-order valence-electron chi connectivity index (χ1n) is 11.1. The van der Waals surface area contributed by atoms with Crippen molar-refractivity contribution in [2.24, 2.45) is 0 Å². The second-order valence-corrected chi connectivity index (χ2v) is 9.34. The van der Waals surface area contributed by atoms with E-state index in [2.05, 4.69) is 33.2 Å². The lowest BCUT2D eigenvalue weighted by Crippen LogP contribution is -2.43. The van der Waals surface area contributed by atoms with Crippen molar-refractivity contribution in [2.45, 2.75) is 31.3 Å². The molecule has 1 fully saturated rings. The molecule has 1 aliphatic carbocycles. The van der Waals surface area contributed by atoms with E-state index in [-0.39, 0.29) is 44.7 Å². The third-order valence-corrected chi connectivity index (χ3v) is 6.39. The zero-order chi connectivity index (χ0) is 24.8. The average molecular weight is 592 g/mol. The highest BCUT2D eigenvalue weighted by Gasteiger charge is 2.42. The number of ether oxygens (including phenoxy) is 3. The number of aliphatic hydroxyl groups is 1. The summed E-state index contributed by atoms with van der Waals surface area (Å²) < 4.78 is 17.9. The lowest BCUT2D eigenvalue weighted by Gasteiger charge is -2.30. The van der Waals surface area contributed by atoms with Crippen LogP contribution in [0.5, 0.6) is 0 Å². The average Bonchev–Trinajstić information content (AvgIpc) is 3.35. The van der Waals surface area contributed by atoms with Gasteiger partial charge in [-0.3, -0.25) is 9.59 Å². The minimum atomic E-state index is -0.668. The van der Waals surface area contributed by atoms with Crippen molar-refractivity contribution in [3.8, 4) is 0 Å². The standard InChI is InChI=1S/C25H25IN2O7/c26-19-6-4-16(5-7-19)25(32)35-21-12-18(11-20-22(21)34-14-33-20)24(31)28-13-15-2-1-3-17(10-15)23(30)27-8-9-29/h1-7,10-11,20-22,29H,8-9,12-14H2,(H,27,30)(H,28,31). The van der Waals surface area contributed by atoms with Crippen LogP contribution in [-0.2, 0) is 25.5 Å². The van der Waals surface area contributed by atoms with Gasteiger partial charge in [0, 0.05) is 34.2 Å². The molecule has 0 aromatic heterocycles. The maximum absolute atomic E-state index is 12.9. The number of hydrogen-bond acceptors (Lipinski definition) is 7. The van der Waals surface area contributed by atoms with Crippen LogP contribution in [0.2, 0.25) is 0 Å². The van der Waals surface area contributed by atoms with Crippen molar-refractivity contribution in [1.29, 1.82) is 0 Å². The third-order valence-electron chi connectivity index (χ3n) is 5.67. The number of rotatable bonds is 8. The molecule has 1 saturated heterocycles. The number of amides is 2. The van der Waals surface area contributed by atoms with Crippen molar-refractivity contribution in [1.82, 2.24) is 10.6 Å². The first-order valence-corrected chi connectivity index (χ1v) is 12.2. The summed E-state index contributed by atoms with van der Waals surface area (Å²) in [5, 5.41) is 14.3. The summed E-state index contributed by atoms with van der Waals surface area (Å²) in [6, 6.07) is 13.9. The first-order chi connectivity index (χ1) is 16.9. The minimum absolute atomic E-state index is 0.0590. The maximum atomic E-state index is 12.9. The van der Waals surface area contributed by atoms with E-state index in [0.29, 0.717) is 16.7 Å². The second kappa shape index (κ2) is 11.8. The van der Waals surface area contributed by atoms with Gasteiger partial charge in [0.05, 0.1) is 12.2 Å². The maximum Gasteiger partial charge on any atom is 0.338 e. The van der Waals surface area contributed by atoms with Crippen LogP contribution < -0.4 is 10.6 Å². The Kier molecular flexibility index (Phi) is 8.50. The lowest BCUT2D eigenvalue weighted by atomic mass is 9.91. The Morgan fingerprint density at radius 2 is 1.83 bits per heavy atom. The lowest BCUT2D eigenvalue weighted by molar-refractivity contribution is -0.118. The third kappa shape index (κ3) is 6.45. The van der Waals surface area contributed by atoms with Crippen molar-refractivity contribution in [3.05, 3.63) is 80.4 Å². The van der Waals surface area contributed by atoms with Gasteiger partial charge in [0.1, 0.15) is 25.1 Å². The summed E-state index contributed by atoms with van der Waals surface area (Å²) in [5.41, 5.74) is 2.04. The summed E-state index contributed by atoms with van der Waals surface area (Å²) >= 11 is 2.16. The summed E-state index contributed by atoms with van der Waals surface area (Å²) in [6.45, 7) is 0.282. The molecule has 1 aliphatic heterocycles. The molecule has 2 aliphatic rings. The zero-order valence-electron chi connectivity index (χ0n) is 18.7. The quantitative estimate of drug-likeness (QED) is 0.316. The van der Waals surface area contributed by atoms with E-state index < -0.39 is 24.3 Å². The van der Waals surface area contributed by atoms with Gasteiger partial charge in [-0.05, 0) is 70.6 Å². The van der Waals surface area contributed by atoms with Crippen LogP contribution >= 0.6 is 22.6 Å². The Hall–Kier alpha value is -2.80. The number of carbonyl (C=O) groups excluding carboxylic acids is 3. The van der Waals surface area contributed by atoms with Crippen molar-refractivity contribution in [2.75, 3.05) is 19.9 Å². The van der Waals surface area contributed by atoms with E-state index in [4.69, 9.17) is 19.3 Å². The molecule has 4 rings (SSSR count). The fraction of sp³-hybridized carbons (Fsp3) is 0.320. The predicted molar refractivity (Wildman–Crippen MR) is 133 cm³/mol. The molecule has 3 unspecified atom stereocenters. The summed E-state index contributed by atoms with van der Waals surface area (Å²) in [4.78, 5) is 37.7. The van der Waals surface area contributed by atoms with Crippen LogP contribution in [0.1, 0.15) is 32.7 Å². The number of halogens is 1. The molecule has 0 spiro atoms. The van der Waals surface area contributed by atoms with Crippen LogP contribution in [-0.4, -0.2) is 61.1 Å². The van der Waals surface area contributed by atoms with Gasteiger partial charge in [0.25, 0.3) is 5.91 Å². The molecule has 0 bridgehead atoms. The van der Waals surface area contributed by atoms with Crippen LogP contribution in [0, 0.1) is 3.57 Å². The number of esters is 1. The Bertz CT molecular complexity index is 1120. The number of benzene rings is 2. The van der Waals surface area contributed by atoms with Gasteiger partial charge in [-0.1, -0.05) is 12.1 Å². The van der Waals surface area contributed by atoms with E-state index in [1.54, 1.807) is 42.5 Å². The summed E-state index contributed by atoms with van der Waals surface area (Å²) in [5.74, 6) is -1.10. The number of fused-ring (bicyclic) bond motifs is 1. The molecule has 2 aromatic carbocycles. The van der Waals surface area contributed by atoms with Gasteiger partial charge in [-0.2, -0.15) is 0 Å². The van der Waals surface area contributed by atoms with E-state index in [1.165, 1.54) is 0 Å². The molecule has 1 heterocycles. The molecular formula is C25H25IN2O7. The Balaban J connectivity index is 1.39. The fourth-order valence-electron chi connectivity index (χ4n) is 3.91. The minimum Gasteiger partial charge on any atom is -0.456 e. The number of nitrogens with one attached hydrogen (secondary N) is 2. The molecule has 3 N–H and O–H groups in total. The van der Waals surface area contributed by atoms with Gasteiger partial charge < -0.3 is 30.0 Å².